The van der Waals surface area contributed by atoms with Crippen molar-refractivity contribution in [3.63, 3.8) is 0 Å². The zero-order chi connectivity index (χ0) is 15.4. The van der Waals surface area contributed by atoms with Gasteiger partial charge in [0.05, 0.1) is 4.92 Å². The van der Waals surface area contributed by atoms with Crippen molar-refractivity contribution in [2.24, 2.45) is 5.84 Å². The molecular formula is C13H15N5O3. The van der Waals surface area contributed by atoms with Gasteiger partial charge in [-0.25, -0.2) is 10.8 Å². The van der Waals surface area contributed by atoms with E-state index in [-0.39, 0.29) is 17.3 Å². The fourth-order valence-electron chi connectivity index (χ4n) is 1.78. The maximum absolute atomic E-state index is 11.1. The van der Waals surface area contributed by atoms with E-state index >= 15 is 0 Å². The van der Waals surface area contributed by atoms with Crippen LogP contribution in [0.3, 0.4) is 0 Å². The predicted molar refractivity (Wildman–Crippen MR) is 77.1 cm³/mol. The van der Waals surface area contributed by atoms with Gasteiger partial charge < -0.3 is 10.2 Å². The molecule has 110 valence electrons. The first kappa shape index (κ1) is 14.7. The van der Waals surface area contributed by atoms with Gasteiger partial charge in [-0.3, -0.25) is 10.1 Å². The van der Waals surface area contributed by atoms with Gasteiger partial charge in [-0.15, -0.1) is 0 Å². The Morgan fingerprint density at radius 3 is 2.81 bits per heavy atom. The van der Waals surface area contributed by atoms with Crippen molar-refractivity contribution < 1.29 is 9.66 Å². The maximum Gasteiger partial charge on any atom is 0.311 e. The number of rotatable bonds is 5. The molecule has 1 heterocycles. The second-order valence-corrected chi connectivity index (χ2v) is 4.29. The van der Waals surface area contributed by atoms with Crippen molar-refractivity contribution in [2.45, 2.75) is 20.3 Å². The number of nitro benzene ring substituents is 1. The SMILES string of the molecule is CCc1nc(NN)cc(Oc2c(C)cccc2[N+](=O)[O-])n1. The number of hydrogen-bond acceptors (Lipinski definition) is 7. The summed E-state index contributed by atoms with van der Waals surface area (Å²) < 4.78 is 5.60. The molecule has 8 nitrogen and oxygen atoms in total. The number of nitrogen functional groups attached to an aromatic ring is 1. The number of anilines is 1. The number of nitro groups is 1. The average Bonchev–Trinajstić information content (AvgIpc) is 2.48. The molecular weight excluding hydrogens is 274 g/mol. The molecule has 0 atom stereocenters. The molecule has 1 aromatic carbocycles. The van der Waals surface area contributed by atoms with E-state index < -0.39 is 4.92 Å². The number of ether oxygens (including phenoxy) is 1. The van der Waals surface area contributed by atoms with Crippen LogP contribution in [0.25, 0.3) is 0 Å². The Labute approximate surface area is 121 Å². The Hall–Kier alpha value is -2.74. The van der Waals surface area contributed by atoms with E-state index in [1.807, 2.05) is 6.92 Å². The van der Waals surface area contributed by atoms with E-state index in [9.17, 15) is 10.1 Å². The molecule has 0 fully saturated rings. The van der Waals surface area contributed by atoms with Gasteiger partial charge in [0.2, 0.25) is 11.6 Å². The van der Waals surface area contributed by atoms with Crippen molar-refractivity contribution in [3.8, 4) is 11.6 Å². The van der Waals surface area contributed by atoms with Crippen molar-refractivity contribution >= 4 is 11.5 Å². The summed E-state index contributed by atoms with van der Waals surface area (Å²) in [6.45, 7) is 3.61. The van der Waals surface area contributed by atoms with Crippen LogP contribution in [0, 0.1) is 17.0 Å². The number of nitrogens with one attached hydrogen (secondary N) is 1. The van der Waals surface area contributed by atoms with Crippen molar-refractivity contribution in [1.29, 1.82) is 0 Å². The number of aryl methyl sites for hydroxylation is 2. The molecule has 3 N–H and O–H groups in total. The van der Waals surface area contributed by atoms with Crippen LogP contribution in [0.1, 0.15) is 18.3 Å². The minimum Gasteiger partial charge on any atom is -0.431 e. The average molecular weight is 289 g/mol. The summed E-state index contributed by atoms with van der Waals surface area (Å²) >= 11 is 0. The second-order valence-electron chi connectivity index (χ2n) is 4.29. The van der Waals surface area contributed by atoms with Gasteiger partial charge in [-0.1, -0.05) is 19.1 Å². The van der Waals surface area contributed by atoms with Crippen LogP contribution in [0.5, 0.6) is 11.6 Å². The minimum atomic E-state index is -0.494. The molecule has 0 saturated heterocycles. The number of nitrogens with zero attached hydrogens (tertiary/aromatic N) is 3. The molecule has 8 heteroatoms. The minimum absolute atomic E-state index is 0.117. The van der Waals surface area contributed by atoms with Gasteiger partial charge in [0.1, 0.15) is 11.6 Å². The highest BCUT2D eigenvalue weighted by atomic mass is 16.6. The quantitative estimate of drug-likeness (QED) is 0.493. The summed E-state index contributed by atoms with van der Waals surface area (Å²) in [7, 11) is 0. The molecule has 0 aliphatic carbocycles. The lowest BCUT2D eigenvalue weighted by Crippen LogP contribution is -2.10. The molecule has 0 aliphatic rings. The smallest absolute Gasteiger partial charge is 0.311 e. The van der Waals surface area contributed by atoms with E-state index in [1.165, 1.54) is 12.1 Å². The molecule has 21 heavy (non-hydrogen) atoms. The Balaban J connectivity index is 2.45. The Morgan fingerprint density at radius 1 is 1.43 bits per heavy atom. The normalized spacial score (nSPS) is 10.2. The van der Waals surface area contributed by atoms with Gasteiger partial charge in [-0.2, -0.15) is 4.98 Å². The molecule has 0 bridgehead atoms. The molecule has 2 aromatic rings. The van der Waals surface area contributed by atoms with Gasteiger partial charge in [-0.05, 0) is 12.5 Å². The molecule has 2 rings (SSSR count). The van der Waals surface area contributed by atoms with Gasteiger partial charge >= 0.3 is 5.69 Å². The summed E-state index contributed by atoms with van der Waals surface area (Å²) in [4.78, 5) is 18.9. The highest BCUT2D eigenvalue weighted by molar-refractivity contribution is 5.53. The van der Waals surface area contributed by atoms with E-state index in [1.54, 1.807) is 19.1 Å². The summed E-state index contributed by atoms with van der Waals surface area (Å²) in [5.41, 5.74) is 2.94. The first-order chi connectivity index (χ1) is 10.0. The number of aromatic nitrogens is 2. The molecule has 1 aromatic heterocycles. The van der Waals surface area contributed by atoms with Gasteiger partial charge in [0.15, 0.2) is 0 Å². The first-order valence-corrected chi connectivity index (χ1v) is 6.31. The fraction of sp³-hybridized carbons (Fsp3) is 0.231. The Bertz CT molecular complexity index is 653. The summed E-state index contributed by atoms with van der Waals surface area (Å²) in [5, 5.41) is 11.1. The third-order valence-electron chi connectivity index (χ3n) is 2.81. The van der Waals surface area contributed by atoms with Crippen molar-refractivity contribution in [2.75, 3.05) is 5.43 Å². The zero-order valence-corrected chi connectivity index (χ0v) is 11.7. The van der Waals surface area contributed by atoms with Crippen LogP contribution in [-0.4, -0.2) is 14.9 Å². The molecule has 0 unspecified atom stereocenters. The maximum atomic E-state index is 11.1. The monoisotopic (exact) mass is 289 g/mol. The zero-order valence-electron chi connectivity index (χ0n) is 11.7. The highest BCUT2D eigenvalue weighted by Gasteiger charge is 2.18. The van der Waals surface area contributed by atoms with Crippen LogP contribution in [0.15, 0.2) is 24.3 Å². The van der Waals surface area contributed by atoms with Crippen molar-refractivity contribution in [1.82, 2.24) is 9.97 Å². The Kier molecular flexibility index (Phi) is 4.29. The molecule has 0 saturated carbocycles. The number of para-hydroxylation sites is 1. The standard InChI is InChI=1S/C13H15N5O3/c1-3-10-15-11(17-14)7-12(16-10)21-13-8(2)5-4-6-9(13)18(19)20/h4-7H,3,14H2,1-2H3,(H,15,16,17). The van der Waals surface area contributed by atoms with Crippen LogP contribution in [-0.2, 0) is 6.42 Å². The van der Waals surface area contributed by atoms with Crippen LogP contribution >= 0.6 is 0 Å². The largest absolute Gasteiger partial charge is 0.431 e. The van der Waals surface area contributed by atoms with Gasteiger partial charge in [0.25, 0.3) is 0 Å². The number of hydrazine groups is 1. The highest BCUT2D eigenvalue weighted by Crippen LogP contribution is 2.34. The first-order valence-electron chi connectivity index (χ1n) is 6.31. The van der Waals surface area contributed by atoms with E-state index in [4.69, 9.17) is 10.6 Å². The van der Waals surface area contributed by atoms with Crippen molar-refractivity contribution in [3.05, 3.63) is 45.8 Å². The lowest BCUT2D eigenvalue weighted by Gasteiger charge is -2.10. The van der Waals surface area contributed by atoms with Crippen LogP contribution < -0.4 is 16.0 Å². The lowest BCUT2D eigenvalue weighted by atomic mass is 10.2. The molecule has 0 amide bonds. The molecule has 0 radical (unpaired) electrons. The Morgan fingerprint density at radius 2 is 2.19 bits per heavy atom. The number of benzene rings is 1. The molecule has 0 aliphatic heterocycles. The van der Waals surface area contributed by atoms with E-state index in [2.05, 4.69) is 15.4 Å². The van der Waals surface area contributed by atoms with Gasteiger partial charge in [0, 0.05) is 18.6 Å². The summed E-state index contributed by atoms with van der Waals surface area (Å²) in [5.74, 6) is 6.61. The summed E-state index contributed by atoms with van der Waals surface area (Å²) in [6.07, 6.45) is 0.585. The predicted octanol–water partition coefficient (Wildman–Crippen LogP) is 2.33. The fourth-order valence-corrected chi connectivity index (χ4v) is 1.78. The third kappa shape index (κ3) is 3.23. The topological polar surface area (TPSA) is 116 Å². The van der Waals surface area contributed by atoms with Crippen LogP contribution in [0.2, 0.25) is 0 Å². The number of hydrogen-bond donors (Lipinski definition) is 2. The van der Waals surface area contributed by atoms with E-state index in [0.717, 1.165) is 0 Å². The lowest BCUT2D eigenvalue weighted by molar-refractivity contribution is -0.385. The third-order valence-corrected chi connectivity index (χ3v) is 2.81. The number of nitrogens with two attached hydrogens (primary N) is 1. The van der Waals surface area contributed by atoms with Crippen LogP contribution in [0.4, 0.5) is 11.5 Å². The summed E-state index contributed by atoms with van der Waals surface area (Å²) in [6, 6.07) is 6.19. The molecule has 0 spiro atoms. The van der Waals surface area contributed by atoms with E-state index in [0.29, 0.717) is 23.6 Å². The second kappa shape index (κ2) is 6.14.